The van der Waals surface area contributed by atoms with Gasteiger partial charge in [-0.2, -0.15) is 12.6 Å². The first-order valence-corrected chi connectivity index (χ1v) is 8.59. The molecule has 1 fully saturated rings. The monoisotopic (exact) mass is 256 g/mol. The molecule has 1 heteroatoms. The van der Waals surface area contributed by atoms with E-state index in [1.807, 2.05) is 0 Å². The Hall–Kier alpha value is 0.350. The first-order valence-electron chi connectivity index (χ1n) is 8.07. The topological polar surface area (TPSA) is 0 Å². The van der Waals surface area contributed by atoms with Gasteiger partial charge >= 0.3 is 0 Å². The Balaban J connectivity index is 2.09. The maximum atomic E-state index is 4.71. The molecule has 0 spiro atoms. The quantitative estimate of drug-likeness (QED) is 0.494. The molecule has 0 aromatic heterocycles. The lowest BCUT2D eigenvalue weighted by molar-refractivity contribution is 0.509. The highest BCUT2D eigenvalue weighted by Crippen LogP contribution is 2.19. The molecule has 0 radical (unpaired) electrons. The number of rotatable bonds is 0. The molecule has 0 bridgehead atoms. The first-order chi connectivity index (χ1) is 8.39. The van der Waals surface area contributed by atoms with Crippen LogP contribution in [0.4, 0.5) is 0 Å². The molecule has 0 unspecified atom stereocenters. The number of hydrogen-bond acceptors (Lipinski definition) is 1. The van der Waals surface area contributed by atoms with Crippen LogP contribution in [0.2, 0.25) is 0 Å². The fraction of sp³-hybridized carbons (Fsp3) is 1.00. The molecule has 0 amide bonds. The molecule has 0 nitrogen and oxygen atoms in total. The Morgan fingerprint density at radius 2 is 0.647 bits per heavy atom. The van der Waals surface area contributed by atoms with Gasteiger partial charge in [-0.15, -0.1) is 0 Å². The molecule has 1 aliphatic rings. The van der Waals surface area contributed by atoms with Crippen molar-refractivity contribution in [2.24, 2.45) is 0 Å². The van der Waals surface area contributed by atoms with Crippen LogP contribution >= 0.6 is 12.6 Å². The van der Waals surface area contributed by atoms with Crippen molar-refractivity contribution in [2.45, 2.75) is 102 Å². The minimum atomic E-state index is 0.683. The van der Waals surface area contributed by atoms with E-state index in [4.69, 9.17) is 12.6 Å². The Kier molecular flexibility index (Phi) is 10.4. The maximum Gasteiger partial charge on any atom is 0.00168 e. The molecule has 0 aromatic rings. The van der Waals surface area contributed by atoms with Gasteiger partial charge in [0.15, 0.2) is 0 Å². The van der Waals surface area contributed by atoms with Gasteiger partial charge in [-0.3, -0.25) is 0 Å². The third-order valence-corrected chi connectivity index (χ3v) is 4.59. The lowest BCUT2D eigenvalue weighted by Crippen LogP contribution is -1.99. The summed E-state index contributed by atoms with van der Waals surface area (Å²) in [6, 6.07) is 0. The zero-order valence-electron chi connectivity index (χ0n) is 11.6. The van der Waals surface area contributed by atoms with E-state index in [0.29, 0.717) is 5.25 Å². The average molecular weight is 256 g/mol. The van der Waals surface area contributed by atoms with Gasteiger partial charge in [0, 0.05) is 5.25 Å². The summed E-state index contributed by atoms with van der Waals surface area (Å²) in [4.78, 5) is 0. The van der Waals surface area contributed by atoms with Gasteiger partial charge < -0.3 is 0 Å². The predicted octanol–water partition coefficient (Wildman–Crippen LogP) is 6.15. The van der Waals surface area contributed by atoms with E-state index in [-0.39, 0.29) is 0 Å². The van der Waals surface area contributed by atoms with Crippen molar-refractivity contribution in [3.8, 4) is 0 Å². The van der Waals surface area contributed by atoms with Gasteiger partial charge in [0.05, 0.1) is 0 Å². The summed E-state index contributed by atoms with van der Waals surface area (Å²) < 4.78 is 0. The van der Waals surface area contributed by atoms with Crippen LogP contribution in [0.1, 0.15) is 96.3 Å². The van der Waals surface area contributed by atoms with Crippen molar-refractivity contribution in [1.29, 1.82) is 0 Å². The van der Waals surface area contributed by atoms with E-state index >= 15 is 0 Å². The van der Waals surface area contributed by atoms with Crippen LogP contribution in [0.15, 0.2) is 0 Å². The molecule has 1 rings (SSSR count). The van der Waals surface area contributed by atoms with Crippen molar-refractivity contribution >= 4 is 12.6 Å². The Bertz CT molecular complexity index is 140. The van der Waals surface area contributed by atoms with Gasteiger partial charge in [-0.05, 0) is 12.8 Å². The highest BCUT2D eigenvalue weighted by Gasteiger charge is 2.03. The zero-order chi connectivity index (χ0) is 12.2. The largest absolute Gasteiger partial charge is 0.176 e. The Labute approximate surface area is 114 Å². The second-order valence-corrected chi connectivity index (χ2v) is 6.56. The summed E-state index contributed by atoms with van der Waals surface area (Å²) in [7, 11) is 0. The molecule has 0 atom stereocenters. The first kappa shape index (κ1) is 15.4. The van der Waals surface area contributed by atoms with E-state index in [1.54, 1.807) is 0 Å². The molecule has 0 heterocycles. The standard InChI is InChI=1S/C16H32S/c17-16-14-12-10-8-6-4-2-1-3-5-7-9-11-13-15-16/h16-17H,1-15H2. The molecule has 0 saturated heterocycles. The average Bonchev–Trinajstić information content (AvgIpc) is 2.32. The molecular weight excluding hydrogens is 224 g/mol. The SMILES string of the molecule is SC1CCCCCCCCCCCCCCC1. The summed E-state index contributed by atoms with van der Waals surface area (Å²) in [5.41, 5.74) is 0. The van der Waals surface area contributed by atoms with Crippen molar-refractivity contribution in [3.05, 3.63) is 0 Å². The second kappa shape index (κ2) is 11.4. The molecule has 1 aliphatic carbocycles. The van der Waals surface area contributed by atoms with Gasteiger partial charge in [-0.25, -0.2) is 0 Å². The van der Waals surface area contributed by atoms with E-state index in [1.165, 1.54) is 96.3 Å². The van der Waals surface area contributed by atoms with Crippen molar-refractivity contribution in [1.82, 2.24) is 0 Å². The van der Waals surface area contributed by atoms with E-state index in [9.17, 15) is 0 Å². The summed E-state index contributed by atoms with van der Waals surface area (Å²) in [5.74, 6) is 0. The van der Waals surface area contributed by atoms with Gasteiger partial charge in [0.25, 0.3) is 0 Å². The minimum absolute atomic E-state index is 0.683. The van der Waals surface area contributed by atoms with Crippen molar-refractivity contribution in [2.75, 3.05) is 0 Å². The van der Waals surface area contributed by atoms with Crippen LogP contribution in [-0.4, -0.2) is 5.25 Å². The highest BCUT2D eigenvalue weighted by molar-refractivity contribution is 7.80. The number of thiol groups is 1. The van der Waals surface area contributed by atoms with E-state index in [2.05, 4.69) is 0 Å². The summed E-state index contributed by atoms with van der Waals surface area (Å²) in [6.45, 7) is 0. The summed E-state index contributed by atoms with van der Waals surface area (Å²) in [5, 5.41) is 0.683. The normalized spacial score (nSPS) is 24.5. The Morgan fingerprint density at radius 1 is 0.412 bits per heavy atom. The van der Waals surface area contributed by atoms with Gasteiger partial charge in [0.2, 0.25) is 0 Å². The third kappa shape index (κ3) is 10.00. The zero-order valence-corrected chi connectivity index (χ0v) is 12.5. The highest BCUT2D eigenvalue weighted by atomic mass is 32.1. The molecule has 0 aliphatic heterocycles. The predicted molar refractivity (Wildman–Crippen MR) is 82.0 cm³/mol. The Morgan fingerprint density at radius 3 is 0.941 bits per heavy atom. The maximum absolute atomic E-state index is 4.71. The molecule has 102 valence electrons. The van der Waals surface area contributed by atoms with Crippen molar-refractivity contribution in [3.63, 3.8) is 0 Å². The minimum Gasteiger partial charge on any atom is -0.176 e. The van der Waals surface area contributed by atoms with Crippen molar-refractivity contribution < 1.29 is 0 Å². The third-order valence-electron chi connectivity index (χ3n) is 4.07. The van der Waals surface area contributed by atoms with Gasteiger partial charge in [-0.1, -0.05) is 83.5 Å². The lowest BCUT2D eigenvalue weighted by atomic mass is 10.0. The second-order valence-electron chi connectivity index (χ2n) is 5.83. The number of hydrogen-bond donors (Lipinski definition) is 1. The van der Waals surface area contributed by atoms with Gasteiger partial charge in [0.1, 0.15) is 0 Å². The van der Waals surface area contributed by atoms with E-state index < -0.39 is 0 Å². The van der Waals surface area contributed by atoms with Crippen LogP contribution in [0.25, 0.3) is 0 Å². The molecule has 17 heavy (non-hydrogen) atoms. The van der Waals surface area contributed by atoms with Crippen LogP contribution in [-0.2, 0) is 0 Å². The lowest BCUT2D eigenvalue weighted by Gasteiger charge is -2.11. The summed E-state index contributed by atoms with van der Waals surface area (Å²) >= 11 is 4.71. The van der Waals surface area contributed by atoms with E-state index in [0.717, 1.165) is 0 Å². The molecule has 1 saturated carbocycles. The molecule has 0 aromatic carbocycles. The fourth-order valence-corrected chi connectivity index (χ4v) is 3.21. The fourth-order valence-electron chi connectivity index (χ4n) is 2.85. The van der Waals surface area contributed by atoms with Crippen LogP contribution in [0, 0.1) is 0 Å². The molecular formula is C16H32S. The smallest absolute Gasteiger partial charge is 0.00168 e. The molecule has 0 N–H and O–H groups in total. The summed E-state index contributed by atoms with van der Waals surface area (Å²) in [6.07, 6.45) is 21.7. The van der Waals surface area contributed by atoms with Crippen LogP contribution in [0.5, 0.6) is 0 Å². The van der Waals surface area contributed by atoms with Crippen LogP contribution < -0.4 is 0 Å². The van der Waals surface area contributed by atoms with Crippen LogP contribution in [0.3, 0.4) is 0 Å².